The van der Waals surface area contributed by atoms with Gasteiger partial charge < -0.3 is 20.0 Å². The van der Waals surface area contributed by atoms with Crippen LogP contribution in [0.1, 0.15) is 10.5 Å². The minimum absolute atomic E-state index is 0.196. The number of carbonyl (C=O) groups is 2. The van der Waals surface area contributed by atoms with Crippen LogP contribution >= 0.6 is 15.9 Å². The average Bonchev–Trinajstić information content (AvgIpc) is 2.64. The van der Waals surface area contributed by atoms with Crippen LogP contribution in [0.5, 0.6) is 17.4 Å². The topological polar surface area (TPSA) is 101 Å². The predicted molar refractivity (Wildman–Crippen MR) is 93.8 cm³/mol. The molecule has 1 aromatic carbocycles. The van der Waals surface area contributed by atoms with E-state index >= 15 is 0 Å². The Morgan fingerprint density at radius 1 is 1.23 bits per heavy atom. The molecule has 0 aliphatic rings. The summed E-state index contributed by atoms with van der Waals surface area (Å²) in [4.78, 5) is 30.6. The molecule has 0 unspecified atom stereocenters. The van der Waals surface area contributed by atoms with Crippen molar-refractivity contribution in [1.82, 2.24) is 15.3 Å². The van der Waals surface area contributed by atoms with Crippen LogP contribution in [-0.2, 0) is 4.79 Å². The molecule has 7 nitrogen and oxygen atoms in total. The summed E-state index contributed by atoms with van der Waals surface area (Å²) in [6.45, 7) is -0.196. The smallest absolute Gasteiger partial charge is 0.274 e. The number of hydrogen-bond acceptors (Lipinski definition) is 6. The zero-order chi connectivity index (χ0) is 18.7. The molecule has 0 saturated carbocycles. The van der Waals surface area contributed by atoms with Crippen LogP contribution in [0.4, 0.5) is 4.39 Å². The molecule has 9 heteroatoms. The molecule has 1 amide bonds. The first-order chi connectivity index (χ1) is 12.5. The number of rotatable bonds is 5. The van der Waals surface area contributed by atoms with Crippen LogP contribution in [0.25, 0.3) is 10.9 Å². The van der Waals surface area contributed by atoms with Crippen molar-refractivity contribution in [2.45, 2.75) is 0 Å². The van der Waals surface area contributed by atoms with Crippen LogP contribution in [0, 0.1) is 5.82 Å². The fourth-order valence-corrected chi connectivity index (χ4v) is 2.66. The quantitative estimate of drug-likeness (QED) is 0.486. The van der Waals surface area contributed by atoms with Gasteiger partial charge in [0.05, 0.1) is 6.54 Å². The maximum absolute atomic E-state index is 12.9. The number of halogens is 2. The Hall–Kier alpha value is -3.07. The number of hydrogen-bond donors (Lipinski definition) is 2. The van der Waals surface area contributed by atoms with Gasteiger partial charge in [-0.1, -0.05) is 0 Å². The van der Waals surface area contributed by atoms with E-state index in [1.807, 2.05) is 0 Å². The summed E-state index contributed by atoms with van der Waals surface area (Å²) in [6, 6.07) is 8.41. The molecule has 0 aliphatic heterocycles. The van der Waals surface area contributed by atoms with Gasteiger partial charge in [0.25, 0.3) is 5.91 Å². The summed E-state index contributed by atoms with van der Waals surface area (Å²) in [5, 5.41) is 12.9. The first-order valence-corrected chi connectivity index (χ1v) is 8.13. The van der Waals surface area contributed by atoms with E-state index < -0.39 is 5.91 Å². The summed E-state index contributed by atoms with van der Waals surface area (Å²) >= 11 is 3.21. The van der Waals surface area contributed by atoms with E-state index in [1.54, 1.807) is 0 Å². The van der Waals surface area contributed by atoms with Crippen molar-refractivity contribution >= 4 is 39.0 Å². The number of benzene rings is 1. The third-order valence-corrected chi connectivity index (χ3v) is 3.90. The zero-order valence-corrected chi connectivity index (χ0v) is 14.7. The number of carbonyl (C=O) groups excluding carboxylic acids is 2. The molecule has 0 atom stereocenters. The summed E-state index contributed by atoms with van der Waals surface area (Å²) in [5.74, 6) is -0.863. The number of ether oxygens (including phenoxy) is 1. The van der Waals surface area contributed by atoms with Gasteiger partial charge in [-0.25, -0.2) is 14.4 Å². The second-order valence-corrected chi connectivity index (χ2v) is 5.83. The lowest BCUT2D eigenvalue weighted by molar-refractivity contribution is -0.107. The largest absolute Gasteiger partial charge is 0.505 e. The van der Waals surface area contributed by atoms with Crippen LogP contribution in [-0.4, -0.2) is 33.8 Å². The molecule has 3 aromatic rings. The van der Waals surface area contributed by atoms with Crippen molar-refractivity contribution in [3.05, 3.63) is 52.5 Å². The molecule has 132 valence electrons. The van der Waals surface area contributed by atoms with Gasteiger partial charge in [-0.2, -0.15) is 0 Å². The van der Waals surface area contributed by atoms with E-state index in [4.69, 9.17) is 4.74 Å². The Bertz CT molecular complexity index is 995. The van der Waals surface area contributed by atoms with Crippen molar-refractivity contribution in [2.75, 3.05) is 6.54 Å². The molecular weight excluding hydrogens is 409 g/mol. The number of aldehydes is 1. The van der Waals surface area contributed by atoms with E-state index in [-0.39, 0.29) is 45.2 Å². The Morgan fingerprint density at radius 2 is 1.96 bits per heavy atom. The van der Waals surface area contributed by atoms with E-state index in [9.17, 15) is 19.1 Å². The highest BCUT2D eigenvalue weighted by Gasteiger charge is 2.19. The highest BCUT2D eigenvalue weighted by Crippen LogP contribution is 2.33. The third-order valence-electron chi connectivity index (χ3n) is 3.35. The Kier molecular flexibility index (Phi) is 5.08. The van der Waals surface area contributed by atoms with Gasteiger partial charge in [-0.15, -0.1) is 0 Å². The lowest BCUT2D eigenvalue weighted by Gasteiger charge is -2.10. The average molecular weight is 420 g/mol. The maximum Gasteiger partial charge on any atom is 0.274 e. The molecule has 2 heterocycles. The summed E-state index contributed by atoms with van der Waals surface area (Å²) < 4.78 is 18.7. The fourth-order valence-electron chi connectivity index (χ4n) is 2.18. The molecule has 26 heavy (non-hydrogen) atoms. The van der Waals surface area contributed by atoms with Crippen LogP contribution in [0.2, 0.25) is 0 Å². The fraction of sp³-hybridized carbons (Fsp3) is 0.0588. The van der Waals surface area contributed by atoms with E-state index in [1.165, 1.54) is 36.4 Å². The van der Waals surface area contributed by atoms with Crippen LogP contribution in [0.3, 0.4) is 0 Å². The molecule has 0 bridgehead atoms. The number of fused-ring (bicyclic) bond motifs is 1. The highest BCUT2D eigenvalue weighted by molar-refractivity contribution is 9.10. The van der Waals surface area contributed by atoms with Gasteiger partial charge in [-0.3, -0.25) is 4.79 Å². The third kappa shape index (κ3) is 3.62. The van der Waals surface area contributed by atoms with Crippen molar-refractivity contribution in [1.29, 1.82) is 0 Å². The summed E-state index contributed by atoms with van der Waals surface area (Å²) in [7, 11) is 0. The van der Waals surface area contributed by atoms with Crippen LogP contribution < -0.4 is 10.1 Å². The molecule has 0 radical (unpaired) electrons. The molecule has 0 saturated heterocycles. The van der Waals surface area contributed by atoms with E-state index in [0.717, 1.165) is 0 Å². The minimum atomic E-state index is -0.691. The second-order valence-electron chi connectivity index (χ2n) is 5.08. The summed E-state index contributed by atoms with van der Waals surface area (Å²) in [5.41, 5.74) is 0.0364. The lowest BCUT2D eigenvalue weighted by Crippen LogP contribution is -2.26. The molecule has 3 rings (SSSR count). The molecule has 0 fully saturated rings. The van der Waals surface area contributed by atoms with Gasteiger partial charge in [0.2, 0.25) is 5.88 Å². The van der Waals surface area contributed by atoms with Crippen molar-refractivity contribution in [2.24, 2.45) is 0 Å². The molecule has 0 aliphatic carbocycles. The van der Waals surface area contributed by atoms with Gasteiger partial charge in [-0.05, 0) is 46.3 Å². The lowest BCUT2D eigenvalue weighted by atomic mass is 10.2. The highest BCUT2D eigenvalue weighted by atomic mass is 79.9. The van der Waals surface area contributed by atoms with Crippen molar-refractivity contribution < 1.29 is 23.8 Å². The number of aromatic nitrogens is 2. The SMILES string of the molecule is O=CCNC(=O)c1nc(Br)c2nc(Oc3ccc(F)cc3)ccc2c1O. The number of aromatic hydroxyl groups is 1. The standard InChI is InChI=1S/C17H11BrFN3O4/c18-16-13-11(15(24)14(22-16)17(25)20-7-8-23)5-6-12(21-13)26-10-3-1-9(19)2-4-10/h1-6,8,24H,7H2,(H,20,25). The normalized spacial score (nSPS) is 10.5. The Balaban J connectivity index is 1.97. The van der Waals surface area contributed by atoms with Crippen molar-refractivity contribution in [3.63, 3.8) is 0 Å². The van der Waals surface area contributed by atoms with Gasteiger partial charge >= 0.3 is 0 Å². The molecule has 2 aromatic heterocycles. The minimum Gasteiger partial charge on any atom is -0.505 e. The van der Waals surface area contributed by atoms with Crippen LogP contribution in [0.15, 0.2) is 41.0 Å². The van der Waals surface area contributed by atoms with Gasteiger partial charge in [0, 0.05) is 11.5 Å². The Labute approximate surface area is 155 Å². The number of amides is 1. The van der Waals surface area contributed by atoms with Crippen molar-refractivity contribution in [3.8, 4) is 17.4 Å². The monoisotopic (exact) mass is 419 g/mol. The first-order valence-electron chi connectivity index (χ1n) is 7.34. The van der Waals surface area contributed by atoms with Gasteiger partial charge in [0.15, 0.2) is 11.4 Å². The van der Waals surface area contributed by atoms with E-state index in [2.05, 4.69) is 31.2 Å². The molecular formula is C17H11BrFN3O4. The maximum atomic E-state index is 12.9. The van der Waals surface area contributed by atoms with E-state index in [0.29, 0.717) is 12.0 Å². The predicted octanol–water partition coefficient (Wildman–Crippen LogP) is 2.96. The first kappa shape index (κ1) is 17.7. The number of nitrogens with zero attached hydrogens (tertiary/aromatic N) is 2. The van der Waals surface area contributed by atoms with Gasteiger partial charge in [0.1, 0.15) is 28.0 Å². The molecule has 0 spiro atoms. The molecule has 2 N–H and O–H groups in total. The zero-order valence-electron chi connectivity index (χ0n) is 13.1. The number of pyridine rings is 2. The Morgan fingerprint density at radius 3 is 2.65 bits per heavy atom. The second kappa shape index (κ2) is 7.44. The summed E-state index contributed by atoms with van der Waals surface area (Å²) in [6.07, 6.45) is 0.520. The number of nitrogens with one attached hydrogen (secondary N) is 1.